The molecule has 0 fully saturated rings. The van der Waals surface area contributed by atoms with Crippen LogP contribution in [0.4, 0.5) is 0 Å². The van der Waals surface area contributed by atoms with Crippen molar-refractivity contribution in [2.45, 2.75) is 6.92 Å². The molecular weight excluding hydrogens is 188 g/mol. The van der Waals surface area contributed by atoms with Crippen molar-refractivity contribution in [3.8, 4) is 5.75 Å². The summed E-state index contributed by atoms with van der Waals surface area (Å²) in [4.78, 5) is 18.6. The Bertz CT molecular complexity index is 452. The Kier molecular flexibility index (Phi) is 1.94. The lowest BCUT2D eigenvalue weighted by atomic mass is 10.4. The molecule has 2 aromatic rings. The van der Waals surface area contributed by atoms with Gasteiger partial charge < -0.3 is 4.74 Å². The Morgan fingerprint density at radius 1 is 1.62 bits per heavy atom. The van der Waals surface area contributed by atoms with Crippen molar-refractivity contribution in [2.24, 2.45) is 0 Å². The highest BCUT2D eigenvalue weighted by atomic mass is 32.1. The zero-order valence-corrected chi connectivity index (χ0v) is 7.67. The molecular formula is C8H6N2O2S. The minimum atomic E-state index is -0.335. The van der Waals surface area contributed by atoms with Crippen molar-refractivity contribution in [1.29, 1.82) is 0 Å². The van der Waals surface area contributed by atoms with E-state index in [9.17, 15) is 4.79 Å². The first kappa shape index (κ1) is 8.12. The Hall–Kier alpha value is -1.49. The second-order valence-corrected chi connectivity index (χ2v) is 3.34. The van der Waals surface area contributed by atoms with Crippen molar-refractivity contribution < 1.29 is 9.53 Å². The number of fused-ring (bicyclic) bond motifs is 1. The molecule has 13 heavy (non-hydrogen) atoms. The molecule has 0 aliphatic rings. The molecule has 0 saturated carbocycles. The van der Waals surface area contributed by atoms with Crippen molar-refractivity contribution in [2.75, 3.05) is 0 Å². The number of esters is 1. The monoisotopic (exact) mass is 194 g/mol. The quantitative estimate of drug-likeness (QED) is 0.647. The number of carbonyl (C=O) groups excluding carboxylic acids is 1. The van der Waals surface area contributed by atoms with Crippen LogP contribution in [0, 0.1) is 0 Å². The Morgan fingerprint density at radius 3 is 3.23 bits per heavy atom. The van der Waals surface area contributed by atoms with E-state index in [1.54, 1.807) is 11.6 Å². The third-order valence-corrected chi connectivity index (χ3v) is 2.34. The molecule has 0 atom stereocenters. The van der Waals surface area contributed by atoms with Crippen molar-refractivity contribution >= 4 is 27.5 Å². The number of hydrogen-bond acceptors (Lipinski definition) is 5. The third-order valence-electron chi connectivity index (χ3n) is 1.46. The van der Waals surface area contributed by atoms with E-state index in [2.05, 4.69) is 9.97 Å². The van der Waals surface area contributed by atoms with Gasteiger partial charge in [0.15, 0.2) is 5.75 Å². The van der Waals surface area contributed by atoms with Gasteiger partial charge >= 0.3 is 5.97 Å². The fraction of sp³-hybridized carbons (Fsp3) is 0.125. The Labute approximate surface area is 78.2 Å². The topological polar surface area (TPSA) is 52.1 Å². The van der Waals surface area contributed by atoms with E-state index in [0.717, 1.165) is 4.70 Å². The highest BCUT2D eigenvalue weighted by Crippen LogP contribution is 2.29. The zero-order chi connectivity index (χ0) is 9.26. The van der Waals surface area contributed by atoms with Crippen LogP contribution in [0.5, 0.6) is 5.75 Å². The molecule has 0 aliphatic heterocycles. The van der Waals surface area contributed by atoms with E-state index in [0.29, 0.717) is 11.3 Å². The molecule has 2 rings (SSSR count). The lowest BCUT2D eigenvalue weighted by Crippen LogP contribution is -2.00. The van der Waals surface area contributed by atoms with Gasteiger partial charge in [0.25, 0.3) is 0 Å². The van der Waals surface area contributed by atoms with Gasteiger partial charge in [-0.05, 0) is 0 Å². The molecule has 0 aliphatic carbocycles. The summed E-state index contributed by atoms with van der Waals surface area (Å²) in [6.07, 6.45) is 3.13. The molecule has 2 heterocycles. The summed E-state index contributed by atoms with van der Waals surface area (Å²) in [5.41, 5.74) is 0.690. The van der Waals surface area contributed by atoms with Crippen LogP contribution in [-0.4, -0.2) is 15.9 Å². The van der Waals surface area contributed by atoms with Gasteiger partial charge in [0.05, 0.1) is 4.70 Å². The van der Waals surface area contributed by atoms with Crippen LogP contribution in [0.3, 0.4) is 0 Å². The Balaban J connectivity index is 2.51. The molecule has 2 aromatic heterocycles. The summed E-state index contributed by atoms with van der Waals surface area (Å²) in [6, 6.07) is 0. The number of aromatic nitrogens is 2. The lowest BCUT2D eigenvalue weighted by molar-refractivity contribution is -0.131. The number of ether oxygens (including phenoxy) is 1. The number of nitrogens with zero attached hydrogens (tertiary/aromatic N) is 2. The second kappa shape index (κ2) is 3.10. The van der Waals surface area contributed by atoms with E-state index >= 15 is 0 Å². The minimum Gasteiger partial charge on any atom is -0.423 e. The maximum absolute atomic E-state index is 10.7. The highest BCUT2D eigenvalue weighted by molar-refractivity contribution is 7.17. The molecule has 0 spiro atoms. The standard InChI is InChI=1S/C8H6N2O2S/c1-5(11)12-6-3-13-7-2-9-4-10-8(6)7/h2-4H,1H3. The van der Waals surface area contributed by atoms with E-state index in [-0.39, 0.29) is 5.97 Å². The molecule has 0 radical (unpaired) electrons. The maximum atomic E-state index is 10.7. The largest absolute Gasteiger partial charge is 0.423 e. The number of hydrogen-bond donors (Lipinski definition) is 0. The van der Waals surface area contributed by atoms with Gasteiger partial charge in [0, 0.05) is 18.5 Å². The molecule has 4 nitrogen and oxygen atoms in total. The second-order valence-electron chi connectivity index (χ2n) is 2.43. The fourth-order valence-electron chi connectivity index (χ4n) is 0.988. The normalized spacial score (nSPS) is 10.2. The van der Waals surface area contributed by atoms with Gasteiger partial charge in [-0.2, -0.15) is 0 Å². The summed E-state index contributed by atoms with van der Waals surface area (Å²) in [5.74, 6) is 0.174. The predicted octanol–water partition coefficient (Wildman–Crippen LogP) is 1.62. The highest BCUT2D eigenvalue weighted by Gasteiger charge is 2.07. The summed E-state index contributed by atoms with van der Waals surface area (Å²) in [6.45, 7) is 1.37. The summed E-state index contributed by atoms with van der Waals surface area (Å²) < 4.78 is 5.86. The first-order valence-electron chi connectivity index (χ1n) is 3.63. The van der Waals surface area contributed by atoms with E-state index in [4.69, 9.17) is 4.74 Å². The number of thiophene rings is 1. The fourth-order valence-corrected chi connectivity index (χ4v) is 1.77. The van der Waals surface area contributed by atoms with Crippen LogP contribution < -0.4 is 4.74 Å². The van der Waals surface area contributed by atoms with Gasteiger partial charge in [-0.15, -0.1) is 11.3 Å². The van der Waals surface area contributed by atoms with Gasteiger partial charge in [-0.1, -0.05) is 0 Å². The molecule has 5 heteroatoms. The van der Waals surface area contributed by atoms with Crippen LogP contribution >= 0.6 is 11.3 Å². The first-order valence-corrected chi connectivity index (χ1v) is 4.51. The van der Waals surface area contributed by atoms with Gasteiger partial charge in [-0.3, -0.25) is 4.79 Å². The zero-order valence-electron chi connectivity index (χ0n) is 6.85. The van der Waals surface area contributed by atoms with Gasteiger partial charge in [0.1, 0.15) is 11.8 Å². The van der Waals surface area contributed by atoms with Crippen molar-refractivity contribution in [3.63, 3.8) is 0 Å². The summed E-state index contributed by atoms with van der Waals surface area (Å²) >= 11 is 1.45. The smallest absolute Gasteiger partial charge is 0.308 e. The molecule has 0 amide bonds. The summed E-state index contributed by atoms with van der Waals surface area (Å²) in [7, 11) is 0. The maximum Gasteiger partial charge on any atom is 0.308 e. The van der Waals surface area contributed by atoms with Crippen molar-refractivity contribution in [3.05, 3.63) is 17.9 Å². The third kappa shape index (κ3) is 1.50. The molecule has 0 unspecified atom stereocenters. The molecule has 0 saturated heterocycles. The van der Waals surface area contributed by atoms with Crippen LogP contribution in [0.1, 0.15) is 6.92 Å². The van der Waals surface area contributed by atoms with E-state index in [1.807, 2.05) is 0 Å². The SMILES string of the molecule is CC(=O)Oc1csc2cncnc12. The van der Waals surface area contributed by atoms with E-state index in [1.165, 1.54) is 24.6 Å². The van der Waals surface area contributed by atoms with Crippen LogP contribution in [-0.2, 0) is 4.79 Å². The van der Waals surface area contributed by atoms with E-state index < -0.39 is 0 Å². The molecule has 66 valence electrons. The molecule has 0 bridgehead atoms. The minimum absolute atomic E-state index is 0.335. The molecule has 0 aromatic carbocycles. The molecule has 0 N–H and O–H groups in total. The number of rotatable bonds is 1. The van der Waals surface area contributed by atoms with Crippen LogP contribution in [0.15, 0.2) is 17.9 Å². The predicted molar refractivity (Wildman–Crippen MR) is 48.7 cm³/mol. The Morgan fingerprint density at radius 2 is 2.46 bits per heavy atom. The lowest BCUT2D eigenvalue weighted by Gasteiger charge is -1.95. The van der Waals surface area contributed by atoms with Gasteiger partial charge in [0.2, 0.25) is 0 Å². The average Bonchev–Trinajstić information content (AvgIpc) is 2.48. The first-order chi connectivity index (χ1) is 6.27. The van der Waals surface area contributed by atoms with Crippen LogP contribution in [0.25, 0.3) is 10.2 Å². The number of carbonyl (C=O) groups is 1. The van der Waals surface area contributed by atoms with Gasteiger partial charge in [-0.25, -0.2) is 9.97 Å². The average molecular weight is 194 g/mol. The van der Waals surface area contributed by atoms with Crippen molar-refractivity contribution in [1.82, 2.24) is 9.97 Å². The van der Waals surface area contributed by atoms with Crippen LogP contribution in [0.2, 0.25) is 0 Å². The summed E-state index contributed by atoms with van der Waals surface area (Å²) in [5, 5.41) is 1.75.